The van der Waals surface area contributed by atoms with Crippen molar-refractivity contribution >= 4 is 17.2 Å². The Morgan fingerprint density at radius 1 is 1.46 bits per heavy atom. The van der Waals surface area contributed by atoms with Gasteiger partial charge in [-0.05, 0) is 38.5 Å². The van der Waals surface area contributed by atoms with Gasteiger partial charge in [0.25, 0.3) is 0 Å². The number of aromatic nitrogens is 2. The van der Waals surface area contributed by atoms with Crippen molar-refractivity contribution in [3.63, 3.8) is 0 Å². The third-order valence-electron chi connectivity index (χ3n) is 3.99. The number of nitrogen functional groups attached to an aromatic ring is 1. The van der Waals surface area contributed by atoms with Crippen LogP contribution < -0.4 is 15.4 Å². The fraction of sp³-hybridized carbons (Fsp3) is 0.412. The van der Waals surface area contributed by atoms with Gasteiger partial charge in [-0.25, -0.2) is 0 Å². The molecule has 0 amide bonds. The molecular formula is C17H23N5O2. The number of aliphatic hydroxyl groups excluding tert-OH is 1. The highest BCUT2D eigenvalue weighted by atomic mass is 16.5. The van der Waals surface area contributed by atoms with E-state index in [4.69, 9.17) is 15.9 Å². The molecule has 24 heavy (non-hydrogen) atoms. The first-order valence-electron chi connectivity index (χ1n) is 8.08. The number of aliphatic hydroxyl groups is 1. The number of nitrogens with one attached hydrogen (secondary N) is 2. The van der Waals surface area contributed by atoms with E-state index in [1.165, 1.54) is 0 Å². The number of ether oxygens (including phenoxy) is 1. The van der Waals surface area contributed by atoms with Gasteiger partial charge in [-0.15, -0.1) is 0 Å². The van der Waals surface area contributed by atoms with E-state index in [9.17, 15) is 5.11 Å². The Morgan fingerprint density at radius 3 is 2.92 bits per heavy atom. The van der Waals surface area contributed by atoms with Crippen LogP contribution in [0.4, 0.5) is 11.5 Å². The highest BCUT2D eigenvalue weighted by Crippen LogP contribution is 2.25. The molecule has 1 aliphatic heterocycles. The first kappa shape index (κ1) is 16.3. The topological polar surface area (TPSA) is 111 Å². The van der Waals surface area contributed by atoms with E-state index >= 15 is 0 Å². The lowest BCUT2D eigenvalue weighted by Gasteiger charge is -2.13. The Kier molecular flexibility index (Phi) is 4.44. The van der Waals surface area contributed by atoms with Crippen LogP contribution in [0.1, 0.15) is 31.5 Å². The van der Waals surface area contributed by atoms with Gasteiger partial charge in [0.1, 0.15) is 5.75 Å². The van der Waals surface area contributed by atoms with Crippen LogP contribution in [0, 0.1) is 5.41 Å². The highest BCUT2D eigenvalue weighted by Gasteiger charge is 2.23. The molecule has 1 saturated heterocycles. The molecular weight excluding hydrogens is 306 g/mol. The first-order chi connectivity index (χ1) is 11.4. The summed E-state index contributed by atoms with van der Waals surface area (Å²) >= 11 is 0. The fourth-order valence-corrected chi connectivity index (χ4v) is 2.79. The molecule has 2 aromatic rings. The van der Waals surface area contributed by atoms with Crippen molar-refractivity contribution in [1.29, 1.82) is 5.41 Å². The zero-order valence-corrected chi connectivity index (χ0v) is 13.9. The van der Waals surface area contributed by atoms with Gasteiger partial charge in [-0.1, -0.05) is 0 Å². The largest absolute Gasteiger partial charge is 0.491 e. The van der Waals surface area contributed by atoms with Crippen molar-refractivity contribution in [1.82, 2.24) is 10.2 Å². The summed E-state index contributed by atoms with van der Waals surface area (Å²) in [5.74, 6) is 1.42. The number of nitrogens with zero attached hydrogens (tertiary/aromatic N) is 2. The lowest BCUT2D eigenvalue weighted by molar-refractivity contribution is 0.198. The molecule has 1 aliphatic rings. The van der Waals surface area contributed by atoms with Gasteiger partial charge in [0.2, 0.25) is 0 Å². The normalized spacial score (nSPS) is 17.5. The van der Waals surface area contributed by atoms with Crippen molar-refractivity contribution in [2.75, 3.05) is 23.7 Å². The Hall–Kier alpha value is -2.54. The maximum Gasteiger partial charge on any atom is 0.151 e. The van der Waals surface area contributed by atoms with Gasteiger partial charge in [-0.3, -0.25) is 10.5 Å². The van der Waals surface area contributed by atoms with Crippen molar-refractivity contribution < 1.29 is 9.84 Å². The second kappa shape index (κ2) is 6.52. The Morgan fingerprint density at radius 2 is 2.25 bits per heavy atom. The summed E-state index contributed by atoms with van der Waals surface area (Å²) in [6.07, 6.45) is 0.474. The molecule has 2 heterocycles. The van der Waals surface area contributed by atoms with E-state index in [0.29, 0.717) is 29.2 Å². The SMILES string of the molecule is CC(C)Oc1ccc(N)c(C(=N)c2cc(N3CC[C@@H](O)C3)n[nH]2)c1. The molecule has 1 aromatic carbocycles. The van der Waals surface area contributed by atoms with Gasteiger partial charge >= 0.3 is 0 Å². The zero-order valence-electron chi connectivity index (χ0n) is 13.9. The number of aromatic amines is 1. The highest BCUT2D eigenvalue weighted by molar-refractivity contribution is 6.13. The van der Waals surface area contributed by atoms with E-state index in [2.05, 4.69) is 10.2 Å². The molecule has 1 aromatic heterocycles. The van der Waals surface area contributed by atoms with Crippen LogP contribution in [0.3, 0.4) is 0 Å². The van der Waals surface area contributed by atoms with Crippen LogP contribution in [0.2, 0.25) is 0 Å². The Labute approximate surface area is 140 Å². The Bertz CT molecular complexity index is 740. The first-order valence-corrected chi connectivity index (χ1v) is 8.08. The molecule has 7 nitrogen and oxygen atoms in total. The predicted octanol–water partition coefficient (Wildman–Crippen LogP) is 1.77. The van der Waals surface area contributed by atoms with Crippen LogP contribution in [0.15, 0.2) is 24.3 Å². The smallest absolute Gasteiger partial charge is 0.151 e. The van der Waals surface area contributed by atoms with Gasteiger partial charge in [-0.2, -0.15) is 5.10 Å². The van der Waals surface area contributed by atoms with Gasteiger partial charge in [0.15, 0.2) is 5.82 Å². The summed E-state index contributed by atoms with van der Waals surface area (Å²) in [6.45, 7) is 5.23. The lowest BCUT2D eigenvalue weighted by atomic mass is 10.0. The molecule has 7 heteroatoms. The molecule has 3 rings (SSSR count). The van der Waals surface area contributed by atoms with E-state index in [1.54, 1.807) is 18.2 Å². The Balaban J connectivity index is 1.83. The van der Waals surface area contributed by atoms with Crippen molar-refractivity contribution in [3.8, 4) is 5.75 Å². The number of β-amino-alcohol motifs (C(OH)–C–C–N with tert-alkyl or cyclic N) is 1. The van der Waals surface area contributed by atoms with Crippen LogP contribution in [0.5, 0.6) is 5.75 Å². The summed E-state index contributed by atoms with van der Waals surface area (Å²) < 4.78 is 5.68. The number of H-pyrrole nitrogens is 1. The minimum absolute atomic E-state index is 0.0519. The van der Waals surface area contributed by atoms with Crippen LogP contribution in [-0.4, -0.2) is 46.3 Å². The van der Waals surface area contributed by atoms with Crippen molar-refractivity contribution in [2.24, 2.45) is 0 Å². The summed E-state index contributed by atoms with van der Waals surface area (Å²) in [5, 5.41) is 25.2. The van der Waals surface area contributed by atoms with E-state index < -0.39 is 0 Å². The maximum absolute atomic E-state index is 9.64. The van der Waals surface area contributed by atoms with Gasteiger partial charge < -0.3 is 20.5 Å². The van der Waals surface area contributed by atoms with Crippen LogP contribution >= 0.6 is 0 Å². The molecule has 0 unspecified atom stereocenters. The number of hydrogen-bond donors (Lipinski definition) is 4. The summed E-state index contributed by atoms with van der Waals surface area (Å²) in [7, 11) is 0. The van der Waals surface area contributed by atoms with Crippen LogP contribution in [-0.2, 0) is 0 Å². The van der Waals surface area contributed by atoms with Gasteiger partial charge in [0, 0.05) is 30.4 Å². The minimum Gasteiger partial charge on any atom is -0.491 e. The van der Waals surface area contributed by atoms with Crippen LogP contribution in [0.25, 0.3) is 0 Å². The molecule has 0 saturated carbocycles. The number of anilines is 2. The lowest BCUT2D eigenvalue weighted by Crippen LogP contribution is -2.21. The van der Waals surface area contributed by atoms with E-state index in [-0.39, 0.29) is 17.9 Å². The zero-order chi connectivity index (χ0) is 17.3. The summed E-state index contributed by atoms with van der Waals surface area (Å²) in [5.41, 5.74) is 8.00. The summed E-state index contributed by atoms with van der Waals surface area (Å²) in [6, 6.07) is 7.14. The van der Waals surface area contributed by atoms with E-state index in [1.807, 2.05) is 24.8 Å². The second-order valence-corrected chi connectivity index (χ2v) is 6.32. The molecule has 5 N–H and O–H groups in total. The number of rotatable bonds is 5. The second-order valence-electron chi connectivity index (χ2n) is 6.32. The molecule has 0 aliphatic carbocycles. The standard InChI is InChI=1S/C17H23N5O2/c1-10(2)24-12-3-4-14(18)13(7-12)17(19)15-8-16(21-20-15)22-6-5-11(23)9-22/h3-4,7-8,10-11,19,23H,5-6,9,18H2,1-2H3,(H,20,21)/t11-/m1/s1. The number of benzene rings is 1. The van der Waals surface area contributed by atoms with Gasteiger partial charge in [0.05, 0.1) is 23.6 Å². The van der Waals surface area contributed by atoms with Crippen molar-refractivity contribution in [3.05, 3.63) is 35.5 Å². The minimum atomic E-state index is -0.315. The number of hydrogen-bond acceptors (Lipinski definition) is 6. The molecule has 1 atom stereocenters. The monoisotopic (exact) mass is 329 g/mol. The predicted molar refractivity (Wildman–Crippen MR) is 94.0 cm³/mol. The molecule has 1 fully saturated rings. The third-order valence-corrected chi connectivity index (χ3v) is 3.99. The average Bonchev–Trinajstić information content (AvgIpc) is 3.16. The third kappa shape index (κ3) is 3.35. The average molecular weight is 329 g/mol. The molecule has 0 bridgehead atoms. The molecule has 128 valence electrons. The molecule has 0 radical (unpaired) electrons. The van der Waals surface area contributed by atoms with Crippen molar-refractivity contribution in [2.45, 2.75) is 32.5 Å². The van der Waals surface area contributed by atoms with E-state index in [0.717, 1.165) is 18.8 Å². The summed E-state index contributed by atoms with van der Waals surface area (Å²) in [4.78, 5) is 2.00. The molecule has 0 spiro atoms. The quantitative estimate of drug-likeness (QED) is 0.493. The fourth-order valence-electron chi connectivity index (χ4n) is 2.79. The maximum atomic E-state index is 9.64. The number of nitrogens with two attached hydrogens (primary N) is 1.